The Morgan fingerprint density at radius 2 is 1.46 bits per heavy atom. The molecule has 0 aromatic rings. The third-order valence-corrected chi connectivity index (χ3v) is 4.94. The van der Waals surface area contributed by atoms with Gasteiger partial charge >= 0.3 is 0 Å². The molecule has 2 fully saturated rings. The standard InChI is InChI=1S/C8H16N2O2S/c1-3-7-5-9(7)13(11,12)10-6-8(10)4-2/h7-8H,3-6H2,1-2H3. The second-order valence-corrected chi connectivity index (χ2v) is 5.60. The Hall–Kier alpha value is -0.130. The van der Waals surface area contributed by atoms with Crippen molar-refractivity contribution in [2.45, 2.75) is 38.8 Å². The van der Waals surface area contributed by atoms with Crippen molar-refractivity contribution < 1.29 is 8.42 Å². The van der Waals surface area contributed by atoms with Crippen molar-refractivity contribution in [1.29, 1.82) is 0 Å². The van der Waals surface area contributed by atoms with Crippen LogP contribution in [0.4, 0.5) is 0 Å². The van der Waals surface area contributed by atoms with Crippen LogP contribution >= 0.6 is 0 Å². The van der Waals surface area contributed by atoms with Crippen molar-refractivity contribution in [2.24, 2.45) is 0 Å². The quantitative estimate of drug-likeness (QED) is 0.623. The molecule has 0 radical (unpaired) electrons. The Labute approximate surface area is 79.7 Å². The van der Waals surface area contributed by atoms with Gasteiger partial charge in [0.25, 0.3) is 10.2 Å². The summed E-state index contributed by atoms with van der Waals surface area (Å²) in [5.41, 5.74) is 0. The van der Waals surface area contributed by atoms with Crippen molar-refractivity contribution in [2.75, 3.05) is 13.1 Å². The van der Waals surface area contributed by atoms with Gasteiger partial charge in [-0.15, -0.1) is 0 Å². The third-order valence-electron chi connectivity index (χ3n) is 2.86. The highest BCUT2D eigenvalue weighted by atomic mass is 32.2. The van der Waals surface area contributed by atoms with E-state index in [4.69, 9.17) is 0 Å². The van der Waals surface area contributed by atoms with Crippen LogP contribution in [0.25, 0.3) is 0 Å². The lowest BCUT2D eigenvalue weighted by Gasteiger charge is -2.05. The average Bonchev–Trinajstić information content (AvgIpc) is 2.98. The van der Waals surface area contributed by atoms with Gasteiger partial charge in [0.2, 0.25) is 0 Å². The molecule has 0 aromatic carbocycles. The lowest BCUT2D eigenvalue weighted by Crippen LogP contribution is -2.23. The van der Waals surface area contributed by atoms with Crippen LogP contribution in [0.15, 0.2) is 0 Å². The van der Waals surface area contributed by atoms with Crippen LogP contribution in [0.2, 0.25) is 0 Å². The van der Waals surface area contributed by atoms with Crippen molar-refractivity contribution >= 4 is 10.2 Å². The van der Waals surface area contributed by atoms with Gasteiger partial charge in [-0.3, -0.25) is 0 Å². The van der Waals surface area contributed by atoms with E-state index in [1.54, 1.807) is 8.61 Å². The minimum Gasteiger partial charge on any atom is -0.195 e. The second kappa shape index (κ2) is 2.93. The van der Waals surface area contributed by atoms with E-state index in [0.29, 0.717) is 0 Å². The van der Waals surface area contributed by atoms with Crippen molar-refractivity contribution in [3.05, 3.63) is 0 Å². The van der Waals surface area contributed by atoms with E-state index in [-0.39, 0.29) is 12.1 Å². The maximum absolute atomic E-state index is 11.7. The molecule has 2 heterocycles. The summed E-state index contributed by atoms with van der Waals surface area (Å²) in [6.07, 6.45) is 1.87. The molecule has 0 aromatic heterocycles. The molecule has 2 rings (SSSR count). The Morgan fingerprint density at radius 1 is 1.08 bits per heavy atom. The molecule has 5 heteroatoms. The van der Waals surface area contributed by atoms with E-state index < -0.39 is 10.2 Å². The minimum absolute atomic E-state index is 0.281. The highest BCUT2D eigenvalue weighted by Crippen LogP contribution is 2.34. The van der Waals surface area contributed by atoms with E-state index in [1.807, 2.05) is 13.8 Å². The second-order valence-electron chi connectivity index (χ2n) is 3.77. The number of rotatable bonds is 4. The molecule has 76 valence electrons. The molecule has 0 spiro atoms. The summed E-state index contributed by atoms with van der Waals surface area (Å²) in [6.45, 7) is 5.51. The number of hydrogen-bond acceptors (Lipinski definition) is 2. The average molecular weight is 204 g/mol. The van der Waals surface area contributed by atoms with E-state index >= 15 is 0 Å². The van der Waals surface area contributed by atoms with Gasteiger partial charge in [-0.25, -0.2) is 0 Å². The molecule has 0 aliphatic carbocycles. The van der Waals surface area contributed by atoms with E-state index in [2.05, 4.69) is 0 Å². The molecular weight excluding hydrogens is 188 g/mol. The number of hydrogen-bond donors (Lipinski definition) is 0. The van der Waals surface area contributed by atoms with Crippen molar-refractivity contribution in [3.63, 3.8) is 0 Å². The first kappa shape index (κ1) is 9.43. The lowest BCUT2D eigenvalue weighted by atomic mass is 10.4. The summed E-state index contributed by atoms with van der Waals surface area (Å²) in [6, 6.07) is 0.561. The molecule has 0 amide bonds. The number of nitrogens with zero attached hydrogens (tertiary/aromatic N) is 2. The highest BCUT2D eigenvalue weighted by molar-refractivity contribution is 7.87. The van der Waals surface area contributed by atoms with Gasteiger partial charge in [0.05, 0.1) is 0 Å². The Balaban J connectivity index is 1.99. The molecule has 0 bridgehead atoms. The smallest absolute Gasteiger partial charge is 0.195 e. The largest absolute Gasteiger partial charge is 0.282 e. The molecule has 13 heavy (non-hydrogen) atoms. The molecule has 4 atom stereocenters. The zero-order valence-electron chi connectivity index (χ0n) is 8.10. The fourth-order valence-corrected chi connectivity index (χ4v) is 3.73. The lowest BCUT2D eigenvalue weighted by molar-refractivity contribution is 0.503. The molecule has 4 unspecified atom stereocenters. The van der Waals surface area contributed by atoms with Gasteiger partial charge in [-0.1, -0.05) is 13.8 Å². The normalized spacial score (nSPS) is 43.2. The Bertz CT molecular complexity index is 277. The monoisotopic (exact) mass is 204 g/mol. The molecule has 4 nitrogen and oxygen atoms in total. The van der Waals surface area contributed by atoms with Gasteiger partial charge in [0.15, 0.2) is 0 Å². The molecule has 2 saturated heterocycles. The Morgan fingerprint density at radius 3 is 1.69 bits per heavy atom. The molecule has 2 aliphatic rings. The predicted octanol–water partition coefficient (Wildman–Crippen LogP) is 0.420. The van der Waals surface area contributed by atoms with E-state index in [9.17, 15) is 8.42 Å². The van der Waals surface area contributed by atoms with Crippen LogP contribution in [-0.2, 0) is 10.2 Å². The van der Waals surface area contributed by atoms with Gasteiger partial charge in [0.1, 0.15) is 0 Å². The molecular formula is C8H16N2O2S. The molecule has 0 saturated carbocycles. The fourth-order valence-electron chi connectivity index (χ4n) is 1.69. The molecule has 2 aliphatic heterocycles. The predicted molar refractivity (Wildman–Crippen MR) is 50.5 cm³/mol. The minimum atomic E-state index is -3.05. The van der Waals surface area contributed by atoms with E-state index in [0.717, 1.165) is 25.9 Å². The summed E-state index contributed by atoms with van der Waals surface area (Å²) < 4.78 is 26.7. The zero-order valence-corrected chi connectivity index (χ0v) is 8.92. The van der Waals surface area contributed by atoms with Crippen LogP contribution in [0.5, 0.6) is 0 Å². The van der Waals surface area contributed by atoms with E-state index in [1.165, 1.54) is 0 Å². The summed E-state index contributed by atoms with van der Waals surface area (Å²) in [5.74, 6) is 0. The van der Waals surface area contributed by atoms with Gasteiger partial charge in [-0.2, -0.15) is 17.0 Å². The van der Waals surface area contributed by atoms with Crippen LogP contribution in [0.1, 0.15) is 26.7 Å². The first-order valence-electron chi connectivity index (χ1n) is 4.89. The van der Waals surface area contributed by atoms with Gasteiger partial charge in [0, 0.05) is 25.2 Å². The van der Waals surface area contributed by atoms with Crippen LogP contribution in [0.3, 0.4) is 0 Å². The van der Waals surface area contributed by atoms with Crippen LogP contribution in [-0.4, -0.2) is 42.2 Å². The Kier molecular flexibility index (Phi) is 2.13. The van der Waals surface area contributed by atoms with Gasteiger partial charge in [-0.05, 0) is 12.8 Å². The van der Waals surface area contributed by atoms with Crippen molar-refractivity contribution in [1.82, 2.24) is 8.61 Å². The van der Waals surface area contributed by atoms with Crippen molar-refractivity contribution in [3.8, 4) is 0 Å². The third kappa shape index (κ3) is 1.49. The first-order valence-corrected chi connectivity index (χ1v) is 6.29. The summed E-state index contributed by atoms with van der Waals surface area (Å²) in [5, 5.41) is 0. The SMILES string of the molecule is CCC1CN1S(=O)(=O)N1CC1CC. The van der Waals surface area contributed by atoms with Crippen LogP contribution < -0.4 is 0 Å². The summed E-state index contributed by atoms with van der Waals surface area (Å²) in [7, 11) is -3.05. The zero-order chi connectivity index (χ0) is 9.64. The summed E-state index contributed by atoms with van der Waals surface area (Å²) in [4.78, 5) is 0. The topological polar surface area (TPSA) is 40.2 Å². The highest BCUT2D eigenvalue weighted by Gasteiger charge is 2.52. The van der Waals surface area contributed by atoms with Crippen LogP contribution in [0, 0.1) is 0 Å². The maximum Gasteiger partial charge on any atom is 0.282 e. The molecule has 0 N–H and O–H groups in total. The van der Waals surface area contributed by atoms with Gasteiger partial charge < -0.3 is 0 Å². The summed E-state index contributed by atoms with van der Waals surface area (Å²) >= 11 is 0. The maximum atomic E-state index is 11.7. The fraction of sp³-hybridized carbons (Fsp3) is 1.00. The first-order chi connectivity index (χ1) is 6.11.